The number of thioether (sulfide) groups is 1. The van der Waals surface area contributed by atoms with E-state index in [4.69, 9.17) is 5.26 Å². The van der Waals surface area contributed by atoms with Gasteiger partial charge in [0.25, 0.3) is 0 Å². The number of allylic oxidation sites excluding steroid dienone is 2. The van der Waals surface area contributed by atoms with E-state index in [0.717, 1.165) is 4.91 Å². The number of nitrogens with zero attached hydrogens (tertiary/aromatic N) is 1. The van der Waals surface area contributed by atoms with Gasteiger partial charge in [0.15, 0.2) is 0 Å². The molecule has 1 atom stereocenters. The Morgan fingerprint density at radius 3 is 2.55 bits per heavy atom. The van der Waals surface area contributed by atoms with Crippen LogP contribution in [-0.4, -0.2) is 6.26 Å². The van der Waals surface area contributed by atoms with E-state index < -0.39 is 0 Å². The molecule has 0 aromatic heterocycles. The second-order valence-corrected chi connectivity index (χ2v) is 4.49. The Hall–Kier alpha value is -0.420. The standard InChI is InChI=1S/C9H13NS/c1-9(2)5-7(9)4-8(6-10)11-3/h4,7H,5H2,1-3H3. The average molecular weight is 167 g/mol. The summed E-state index contributed by atoms with van der Waals surface area (Å²) in [5.74, 6) is 0.643. The van der Waals surface area contributed by atoms with Gasteiger partial charge in [-0.15, -0.1) is 11.8 Å². The maximum atomic E-state index is 8.63. The molecule has 0 N–H and O–H groups in total. The molecular formula is C9H13NS. The smallest absolute Gasteiger partial charge is 0.106 e. The van der Waals surface area contributed by atoms with Gasteiger partial charge in [0.1, 0.15) is 6.07 Å². The highest BCUT2D eigenvalue weighted by molar-refractivity contribution is 8.02. The van der Waals surface area contributed by atoms with Crippen LogP contribution in [0.4, 0.5) is 0 Å². The molecule has 11 heavy (non-hydrogen) atoms. The van der Waals surface area contributed by atoms with Crippen molar-refractivity contribution in [1.29, 1.82) is 5.26 Å². The van der Waals surface area contributed by atoms with E-state index in [9.17, 15) is 0 Å². The van der Waals surface area contributed by atoms with Gasteiger partial charge >= 0.3 is 0 Å². The van der Waals surface area contributed by atoms with Crippen LogP contribution in [0.5, 0.6) is 0 Å². The van der Waals surface area contributed by atoms with Crippen LogP contribution in [0.15, 0.2) is 11.0 Å². The second kappa shape index (κ2) is 2.91. The summed E-state index contributed by atoms with van der Waals surface area (Å²) in [6, 6.07) is 2.18. The van der Waals surface area contributed by atoms with Crippen LogP contribution in [-0.2, 0) is 0 Å². The molecular weight excluding hydrogens is 154 g/mol. The summed E-state index contributed by atoms with van der Waals surface area (Å²) in [5, 5.41) is 8.63. The van der Waals surface area contributed by atoms with Crippen molar-refractivity contribution in [2.24, 2.45) is 11.3 Å². The number of hydrogen-bond donors (Lipinski definition) is 0. The Morgan fingerprint density at radius 1 is 1.73 bits per heavy atom. The van der Waals surface area contributed by atoms with E-state index in [0.29, 0.717) is 11.3 Å². The molecule has 1 rings (SSSR count). The summed E-state index contributed by atoms with van der Waals surface area (Å²) in [5.41, 5.74) is 0.456. The summed E-state index contributed by atoms with van der Waals surface area (Å²) in [6.45, 7) is 4.48. The van der Waals surface area contributed by atoms with Crippen LogP contribution in [0.25, 0.3) is 0 Å². The van der Waals surface area contributed by atoms with Crippen LogP contribution in [0.1, 0.15) is 20.3 Å². The molecule has 0 radical (unpaired) electrons. The molecule has 0 spiro atoms. The quantitative estimate of drug-likeness (QED) is 0.590. The normalized spacial score (nSPS) is 27.8. The highest BCUT2D eigenvalue weighted by atomic mass is 32.2. The lowest BCUT2D eigenvalue weighted by atomic mass is 10.1. The van der Waals surface area contributed by atoms with Gasteiger partial charge in [0, 0.05) is 0 Å². The third-order valence-corrected chi connectivity index (χ3v) is 2.94. The van der Waals surface area contributed by atoms with Crippen LogP contribution in [0.3, 0.4) is 0 Å². The molecule has 1 saturated carbocycles. The maximum absolute atomic E-state index is 8.63. The zero-order valence-electron chi connectivity index (χ0n) is 7.22. The Morgan fingerprint density at radius 2 is 2.27 bits per heavy atom. The Labute approximate surface area is 72.5 Å². The lowest BCUT2D eigenvalue weighted by molar-refractivity contribution is 0.610. The number of rotatable bonds is 2. The van der Waals surface area contributed by atoms with Crippen molar-refractivity contribution in [1.82, 2.24) is 0 Å². The SMILES string of the molecule is CSC(C#N)=CC1CC1(C)C. The predicted octanol–water partition coefficient (Wildman–Crippen LogP) is 2.80. The molecule has 1 fully saturated rings. The first kappa shape index (κ1) is 8.67. The van der Waals surface area contributed by atoms with Crippen LogP contribution in [0.2, 0.25) is 0 Å². The molecule has 0 aliphatic heterocycles. The average Bonchev–Trinajstić information content (AvgIpc) is 2.54. The van der Waals surface area contributed by atoms with E-state index in [-0.39, 0.29) is 0 Å². The van der Waals surface area contributed by atoms with Crippen molar-refractivity contribution in [3.8, 4) is 6.07 Å². The lowest BCUT2D eigenvalue weighted by Crippen LogP contribution is -1.86. The van der Waals surface area contributed by atoms with E-state index in [1.807, 2.05) is 6.26 Å². The molecule has 1 aliphatic rings. The van der Waals surface area contributed by atoms with Gasteiger partial charge in [-0.3, -0.25) is 0 Å². The van der Waals surface area contributed by atoms with Crippen molar-refractivity contribution in [3.05, 3.63) is 11.0 Å². The molecule has 0 aromatic rings. The maximum Gasteiger partial charge on any atom is 0.106 e. The monoisotopic (exact) mass is 167 g/mol. The van der Waals surface area contributed by atoms with Gasteiger partial charge in [0.05, 0.1) is 4.91 Å². The van der Waals surface area contributed by atoms with Gasteiger partial charge in [-0.2, -0.15) is 5.26 Å². The van der Waals surface area contributed by atoms with Gasteiger partial charge in [0.2, 0.25) is 0 Å². The van der Waals surface area contributed by atoms with Crippen molar-refractivity contribution in [3.63, 3.8) is 0 Å². The fraction of sp³-hybridized carbons (Fsp3) is 0.667. The van der Waals surface area contributed by atoms with Gasteiger partial charge in [-0.05, 0) is 24.0 Å². The Kier molecular flexibility index (Phi) is 2.29. The molecule has 0 bridgehead atoms. The van der Waals surface area contributed by atoms with Gasteiger partial charge in [-0.1, -0.05) is 19.9 Å². The molecule has 1 aliphatic carbocycles. The minimum atomic E-state index is 0.456. The first-order valence-corrected chi connectivity index (χ1v) is 4.98. The summed E-state index contributed by atoms with van der Waals surface area (Å²) >= 11 is 1.54. The molecule has 0 heterocycles. The lowest BCUT2D eigenvalue weighted by Gasteiger charge is -1.96. The third kappa shape index (κ3) is 2.00. The predicted molar refractivity (Wildman–Crippen MR) is 49.1 cm³/mol. The first-order valence-electron chi connectivity index (χ1n) is 3.76. The summed E-state index contributed by atoms with van der Waals surface area (Å²) in [4.78, 5) is 0.862. The fourth-order valence-corrected chi connectivity index (χ4v) is 1.52. The van der Waals surface area contributed by atoms with E-state index >= 15 is 0 Å². The van der Waals surface area contributed by atoms with E-state index in [1.165, 1.54) is 18.2 Å². The minimum absolute atomic E-state index is 0.456. The molecule has 2 heteroatoms. The van der Waals surface area contributed by atoms with E-state index in [1.54, 1.807) is 0 Å². The second-order valence-electron chi connectivity index (χ2n) is 3.65. The number of hydrogen-bond acceptors (Lipinski definition) is 2. The summed E-state index contributed by atoms with van der Waals surface area (Å²) in [6.07, 6.45) is 5.29. The Balaban J connectivity index is 2.55. The van der Waals surface area contributed by atoms with Crippen molar-refractivity contribution >= 4 is 11.8 Å². The molecule has 0 saturated heterocycles. The Bertz CT molecular complexity index is 222. The molecule has 0 aromatic carbocycles. The fourth-order valence-electron chi connectivity index (χ4n) is 1.13. The highest BCUT2D eigenvalue weighted by Gasteiger charge is 2.43. The van der Waals surface area contributed by atoms with Crippen LogP contribution < -0.4 is 0 Å². The number of nitriles is 1. The van der Waals surface area contributed by atoms with E-state index in [2.05, 4.69) is 26.0 Å². The zero-order chi connectivity index (χ0) is 8.48. The zero-order valence-corrected chi connectivity index (χ0v) is 8.03. The summed E-state index contributed by atoms with van der Waals surface area (Å²) < 4.78 is 0. The first-order chi connectivity index (χ1) is 5.10. The topological polar surface area (TPSA) is 23.8 Å². The van der Waals surface area contributed by atoms with Gasteiger partial charge < -0.3 is 0 Å². The largest absolute Gasteiger partial charge is 0.192 e. The molecule has 1 unspecified atom stereocenters. The van der Waals surface area contributed by atoms with Crippen molar-refractivity contribution in [2.45, 2.75) is 20.3 Å². The molecule has 1 nitrogen and oxygen atoms in total. The highest BCUT2D eigenvalue weighted by Crippen LogP contribution is 2.53. The molecule has 0 amide bonds. The van der Waals surface area contributed by atoms with Crippen molar-refractivity contribution < 1.29 is 0 Å². The minimum Gasteiger partial charge on any atom is -0.192 e. The van der Waals surface area contributed by atoms with Gasteiger partial charge in [-0.25, -0.2) is 0 Å². The third-order valence-electron chi connectivity index (χ3n) is 2.27. The summed E-state index contributed by atoms with van der Waals surface area (Å²) in [7, 11) is 0. The van der Waals surface area contributed by atoms with Crippen LogP contribution in [0, 0.1) is 22.7 Å². The van der Waals surface area contributed by atoms with Crippen LogP contribution >= 0.6 is 11.8 Å². The molecule has 60 valence electrons. The van der Waals surface area contributed by atoms with Crippen molar-refractivity contribution in [2.75, 3.05) is 6.26 Å².